The minimum atomic E-state index is -0.499. The average molecular weight is 184 g/mol. The molecule has 0 bridgehead atoms. The van der Waals surface area contributed by atoms with Gasteiger partial charge in [0, 0.05) is 6.04 Å². The van der Waals surface area contributed by atoms with Gasteiger partial charge in [0.2, 0.25) is 0 Å². The lowest BCUT2D eigenvalue weighted by atomic mass is 10.2. The van der Waals surface area contributed by atoms with Gasteiger partial charge in [0.1, 0.15) is 11.8 Å². The third kappa shape index (κ3) is 2.21. The number of rotatable bonds is 3. The second-order valence-corrected chi connectivity index (χ2v) is 2.86. The number of H-pyrrole nitrogens is 1. The van der Waals surface area contributed by atoms with Crippen molar-refractivity contribution < 1.29 is 9.32 Å². The van der Waals surface area contributed by atoms with Crippen LogP contribution in [-0.2, 0) is 0 Å². The lowest BCUT2D eigenvalue weighted by Gasteiger charge is -2.08. The van der Waals surface area contributed by atoms with Crippen LogP contribution in [0.5, 0.6) is 0 Å². The topological polar surface area (TPSA) is 75.1 Å². The van der Waals surface area contributed by atoms with E-state index in [1.807, 2.05) is 19.0 Å². The molecule has 0 saturated heterocycles. The summed E-state index contributed by atoms with van der Waals surface area (Å²) in [6.45, 7) is 3.82. The molecule has 1 amide bonds. The average Bonchev–Trinajstić information content (AvgIpc) is 2.51. The van der Waals surface area contributed by atoms with Crippen molar-refractivity contribution in [1.82, 2.24) is 10.5 Å². The van der Waals surface area contributed by atoms with Crippen LogP contribution in [0.2, 0.25) is 0 Å². The fourth-order valence-corrected chi connectivity index (χ4v) is 0.811. The van der Waals surface area contributed by atoms with Gasteiger partial charge >= 0.3 is 0 Å². The van der Waals surface area contributed by atoms with Gasteiger partial charge in [-0.15, -0.1) is 0 Å². The van der Waals surface area contributed by atoms with E-state index in [9.17, 15) is 9.59 Å². The largest absolute Gasteiger partial charge is 0.386 e. The summed E-state index contributed by atoms with van der Waals surface area (Å²) in [5, 5.41) is 4.70. The molecular formula is C8H12N2O3. The highest BCUT2D eigenvalue weighted by molar-refractivity contribution is 5.93. The Labute approximate surface area is 75.1 Å². The highest BCUT2D eigenvalue weighted by Crippen LogP contribution is 1.93. The number of hydrogen-bond acceptors (Lipinski definition) is 3. The Morgan fingerprint density at radius 1 is 1.77 bits per heavy atom. The van der Waals surface area contributed by atoms with Crippen molar-refractivity contribution in [3.05, 3.63) is 22.2 Å². The SMILES string of the molecule is CCC(C)NC(=O)c1co[nH]c1=O. The summed E-state index contributed by atoms with van der Waals surface area (Å²) in [6, 6.07) is 0.0572. The highest BCUT2D eigenvalue weighted by atomic mass is 16.5. The van der Waals surface area contributed by atoms with Gasteiger partial charge in [0.15, 0.2) is 0 Å². The Kier molecular flexibility index (Phi) is 2.89. The summed E-state index contributed by atoms with van der Waals surface area (Å²) in [4.78, 5) is 22.2. The van der Waals surface area contributed by atoms with E-state index in [-0.39, 0.29) is 11.6 Å². The van der Waals surface area contributed by atoms with E-state index in [2.05, 4.69) is 9.84 Å². The molecule has 13 heavy (non-hydrogen) atoms. The standard InChI is InChI=1S/C8H12N2O3/c1-3-5(2)9-7(11)6-4-13-10-8(6)12/h4-5H,3H2,1-2H3,(H,9,11)(H,10,12). The minimum absolute atomic E-state index is 0.0142. The minimum Gasteiger partial charge on any atom is -0.386 e. The van der Waals surface area contributed by atoms with Crippen LogP contribution in [0.1, 0.15) is 30.6 Å². The van der Waals surface area contributed by atoms with Gasteiger partial charge in [-0.2, -0.15) is 5.16 Å². The molecule has 0 saturated carbocycles. The molecule has 1 aromatic rings. The summed E-state index contributed by atoms with van der Waals surface area (Å²) in [6.07, 6.45) is 1.93. The van der Waals surface area contributed by atoms with Crippen LogP contribution in [0, 0.1) is 0 Å². The van der Waals surface area contributed by atoms with E-state index >= 15 is 0 Å². The first-order chi connectivity index (χ1) is 6.15. The zero-order chi connectivity index (χ0) is 9.84. The first-order valence-corrected chi connectivity index (χ1v) is 4.12. The van der Waals surface area contributed by atoms with Crippen LogP contribution in [0.25, 0.3) is 0 Å². The number of aromatic nitrogens is 1. The number of nitrogens with one attached hydrogen (secondary N) is 2. The Morgan fingerprint density at radius 2 is 2.46 bits per heavy atom. The first kappa shape index (κ1) is 9.57. The van der Waals surface area contributed by atoms with E-state index in [4.69, 9.17) is 0 Å². The van der Waals surface area contributed by atoms with Gasteiger partial charge in [-0.25, -0.2) is 0 Å². The third-order valence-electron chi connectivity index (χ3n) is 1.81. The zero-order valence-electron chi connectivity index (χ0n) is 7.59. The van der Waals surface area contributed by atoms with E-state index in [0.717, 1.165) is 12.7 Å². The number of amides is 1. The molecule has 0 spiro atoms. The normalized spacial score (nSPS) is 12.5. The second kappa shape index (κ2) is 3.93. The monoisotopic (exact) mass is 184 g/mol. The molecule has 0 aliphatic heterocycles. The maximum atomic E-state index is 11.3. The maximum absolute atomic E-state index is 11.3. The van der Waals surface area contributed by atoms with Crippen molar-refractivity contribution in [2.75, 3.05) is 0 Å². The van der Waals surface area contributed by atoms with Gasteiger partial charge in [-0.3, -0.25) is 9.59 Å². The molecule has 1 rings (SSSR count). The van der Waals surface area contributed by atoms with Crippen molar-refractivity contribution in [2.24, 2.45) is 0 Å². The van der Waals surface area contributed by atoms with Gasteiger partial charge in [0.05, 0.1) is 0 Å². The number of hydrogen-bond donors (Lipinski definition) is 2. The summed E-state index contributed by atoms with van der Waals surface area (Å²) in [5.74, 6) is -0.399. The van der Waals surface area contributed by atoms with Crippen LogP contribution in [0.15, 0.2) is 15.6 Å². The zero-order valence-corrected chi connectivity index (χ0v) is 7.59. The molecule has 0 fully saturated rings. The molecule has 1 aromatic heterocycles. The van der Waals surface area contributed by atoms with Gasteiger partial charge < -0.3 is 9.84 Å². The number of carbonyl (C=O) groups excluding carboxylic acids is 1. The fraction of sp³-hybridized carbons (Fsp3) is 0.500. The number of carbonyl (C=O) groups is 1. The maximum Gasteiger partial charge on any atom is 0.292 e. The molecule has 0 aliphatic rings. The Balaban J connectivity index is 2.70. The highest BCUT2D eigenvalue weighted by Gasteiger charge is 2.13. The van der Waals surface area contributed by atoms with E-state index in [0.29, 0.717) is 0 Å². The van der Waals surface area contributed by atoms with Crippen LogP contribution in [-0.4, -0.2) is 17.1 Å². The fourth-order valence-electron chi connectivity index (χ4n) is 0.811. The number of aromatic amines is 1. The van der Waals surface area contributed by atoms with Gasteiger partial charge in [-0.05, 0) is 13.3 Å². The second-order valence-electron chi connectivity index (χ2n) is 2.86. The van der Waals surface area contributed by atoms with E-state index in [1.54, 1.807) is 0 Å². The van der Waals surface area contributed by atoms with E-state index in [1.165, 1.54) is 0 Å². The molecule has 0 aromatic carbocycles. The van der Waals surface area contributed by atoms with E-state index < -0.39 is 11.5 Å². The van der Waals surface area contributed by atoms with Crippen molar-refractivity contribution in [3.8, 4) is 0 Å². The molecule has 72 valence electrons. The molecule has 1 atom stereocenters. The molecule has 2 N–H and O–H groups in total. The first-order valence-electron chi connectivity index (χ1n) is 4.12. The van der Waals surface area contributed by atoms with Crippen LogP contribution < -0.4 is 10.9 Å². The summed E-state index contributed by atoms with van der Waals surface area (Å²) < 4.78 is 4.48. The summed E-state index contributed by atoms with van der Waals surface area (Å²) >= 11 is 0. The lowest BCUT2D eigenvalue weighted by molar-refractivity contribution is 0.0937. The smallest absolute Gasteiger partial charge is 0.292 e. The van der Waals surface area contributed by atoms with Gasteiger partial charge in [0.25, 0.3) is 11.5 Å². The molecule has 1 unspecified atom stereocenters. The predicted molar refractivity (Wildman–Crippen MR) is 46.5 cm³/mol. The molecule has 1 heterocycles. The van der Waals surface area contributed by atoms with Crippen LogP contribution in [0.3, 0.4) is 0 Å². The van der Waals surface area contributed by atoms with Crippen molar-refractivity contribution >= 4 is 5.91 Å². The molecule has 5 heteroatoms. The Hall–Kier alpha value is -1.52. The summed E-state index contributed by atoms with van der Waals surface area (Å²) in [7, 11) is 0. The Morgan fingerprint density at radius 3 is 2.92 bits per heavy atom. The molecule has 0 radical (unpaired) electrons. The lowest BCUT2D eigenvalue weighted by Crippen LogP contribution is -2.34. The van der Waals surface area contributed by atoms with Gasteiger partial charge in [-0.1, -0.05) is 6.92 Å². The quantitative estimate of drug-likeness (QED) is 0.718. The van der Waals surface area contributed by atoms with Crippen LogP contribution >= 0.6 is 0 Å². The molecular weight excluding hydrogens is 172 g/mol. The van der Waals surface area contributed by atoms with Crippen molar-refractivity contribution in [1.29, 1.82) is 0 Å². The van der Waals surface area contributed by atoms with Crippen molar-refractivity contribution in [2.45, 2.75) is 26.3 Å². The van der Waals surface area contributed by atoms with Crippen LogP contribution in [0.4, 0.5) is 0 Å². The summed E-state index contributed by atoms with van der Waals surface area (Å²) in [5.41, 5.74) is -0.485. The molecule has 0 aliphatic carbocycles. The Bertz CT molecular complexity index is 339. The van der Waals surface area contributed by atoms with Crippen molar-refractivity contribution in [3.63, 3.8) is 0 Å². The predicted octanol–water partition coefficient (Wildman–Crippen LogP) is 0.496. The molecule has 5 nitrogen and oxygen atoms in total. The third-order valence-corrected chi connectivity index (χ3v) is 1.81.